The van der Waals surface area contributed by atoms with Crippen LogP contribution in [0, 0.1) is 5.92 Å². The monoisotopic (exact) mass is 444 g/mol. The highest BCUT2D eigenvalue weighted by atomic mass is 32.2. The maximum absolute atomic E-state index is 12.7. The predicted octanol–water partition coefficient (Wildman–Crippen LogP) is 3.39. The van der Waals surface area contributed by atoms with Gasteiger partial charge in [-0.15, -0.1) is 0 Å². The fraction of sp³-hybridized carbons (Fsp3) is 0.500. The Morgan fingerprint density at radius 2 is 1.71 bits per heavy atom. The molecule has 2 aromatic rings. The second-order valence-corrected chi connectivity index (χ2v) is 10.3. The number of morpholine rings is 1. The molecule has 7 heteroatoms. The van der Waals surface area contributed by atoms with E-state index in [2.05, 4.69) is 29.2 Å². The number of sulfonamides is 1. The van der Waals surface area contributed by atoms with Gasteiger partial charge < -0.3 is 9.47 Å². The number of nitrogens with zero attached hydrogens (tertiary/aromatic N) is 2. The zero-order valence-corrected chi connectivity index (χ0v) is 18.8. The van der Waals surface area contributed by atoms with Crippen LogP contribution in [0.3, 0.4) is 0 Å². The van der Waals surface area contributed by atoms with Crippen molar-refractivity contribution in [2.45, 2.75) is 30.7 Å². The van der Waals surface area contributed by atoms with E-state index < -0.39 is 10.0 Å². The Kier molecular flexibility index (Phi) is 7.61. The average Bonchev–Trinajstić information content (AvgIpc) is 2.78. The third-order valence-corrected chi connectivity index (χ3v) is 8.01. The Bertz CT molecular complexity index is 908. The molecular weight excluding hydrogens is 412 g/mol. The van der Waals surface area contributed by atoms with Gasteiger partial charge in [0.15, 0.2) is 0 Å². The van der Waals surface area contributed by atoms with E-state index in [1.807, 2.05) is 6.07 Å². The molecule has 0 N–H and O–H groups in total. The molecule has 0 radical (unpaired) electrons. The Hall–Kier alpha value is -1.93. The van der Waals surface area contributed by atoms with Gasteiger partial charge in [0.2, 0.25) is 10.0 Å². The van der Waals surface area contributed by atoms with E-state index in [4.69, 9.17) is 9.47 Å². The fourth-order valence-corrected chi connectivity index (χ4v) is 5.46. The minimum Gasteiger partial charge on any atom is -0.492 e. The lowest BCUT2D eigenvalue weighted by atomic mass is 9.85. The first-order valence-corrected chi connectivity index (χ1v) is 12.6. The van der Waals surface area contributed by atoms with Crippen molar-refractivity contribution in [3.05, 3.63) is 60.2 Å². The molecule has 0 aromatic heterocycles. The summed E-state index contributed by atoms with van der Waals surface area (Å²) in [4.78, 5) is 2.77. The molecule has 1 saturated heterocycles. The maximum Gasteiger partial charge on any atom is 0.243 e. The summed E-state index contributed by atoms with van der Waals surface area (Å²) in [6, 6.07) is 17.3. The number of ether oxygens (including phenoxy) is 2. The lowest BCUT2D eigenvalue weighted by Crippen LogP contribution is -2.40. The number of hydrogen-bond donors (Lipinski definition) is 0. The van der Waals surface area contributed by atoms with Crippen molar-refractivity contribution in [2.24, 2.45) is 5.92 Å². The Labute approximate surface area is 185 Å². The lowest BCUT2D eigenvalue weighted by Gasteiger charge is -2.32. The van der Waals surface area contributed by atoms with Crippen LogP contribution in [0.25, 0.3) is 0 Å². The van der Waals surface area contributed by atoms with Gasteiger partial charge in [0.05, 0.1) is 18.1 Å². The van der Waals surface area contributed by atoms with Crippen molar-refractivity contribution in [1.82, 2.24) is 9.21 Å². The highest BCUT2D eigenvalue weighted by Crippen LogP contribution is 2.27. The van der Waals surface area contributed by atoms with Gasteiger partial charge in [-0.2, -0.15) is 4.31 Å². The van der Waals surface area contributed by atoms with Gasteiger partial charge in [0.1, 0.15) is 12.4 Å². The van der Waals surface area contributed by atoms with Gasteiger partial charge in [0.25, 0.3) is 0 Å². The van der Waals surface area contributed by atoms with Crippen molar-refractivity contribution < 1.29 is 17.9 Å². The highest BCUT2D eigenvalue weighted by Gasteiger charge is 2.26. The molecule has 2 fully saturated rings. The largest absolute Gasteiger partial charge is 0.492 e. The molecular formula is C24H32N2O4S. The van der Waals surface area contributed by atoms with Crippen LogP contribution in [0.5, 0.6) is 5.75 Å². The van der Waals surface area contributed by atoms with Crippen molar-refractivity contribution in [1.29, 1.82) is 0 Å². The molecule has 1 heterocycles. The fourth-order valence-electron chi connectivity index (χ4n) is 4.05. The number of hydrogen-bond acceptors (Lipinski definition) is 5. The van der Waals surface area contributed by atoms with Crippen molar-refractivity contribution in [2.75, 3.05) is 46.0 Å². The second-order valence-electron chi connectivity index (χ2n) is 8.35. The molecule has 0 atom stereocenters. The normalized spacial score (nSPS) is 18.1. The molecule has 0 bridgehead atoms. The molecule has 31 heavy (non-hydrogen) atoms. The van der Waals surface area contributed by atoms with E-state index >= 15 is 0 Å². The van der Waals surface area contributed by atoms with Crippen LogP contribution in [-0.2, 0) is 21.3 Å². The Balaban J connectivity index is 1.31. The second kappa shape index (κ2) is 10.6. The molecule has 1 aliphatic heterocycles. The summed E-state index contributed by atoms with van der Waals surface area (Å²) in [6.45, 7) is 5.15. The third kappa shape index (κ3) is 6.07. The topological polar surface area (TPSA) is 59.1 Å². The van der Waals surface area contributed by atoms with E-state index in [9.17, 15) is 8.42 Å². The van der Waals surface area contributed by atoms with Crippen molar-refractivity contribution >= 4 is 10.0 Å². The average molecular weight is 445 g/mol. The smallest absolute Gasteiger partial charge is 0.243 e. The molecule has 0 spiro atoms. The molecule has 4 rings (SSSR count). The van der Waals surface area contributed by atoms with Gasteiger partial charge in [-0.1, -0.05) is 36.8 Å². The first-order valence-electron chi connectivity index (χ1n) is 11.2. The number of rotatable bonds is 10. The van der Waals surface area contributed by atoms with Gasteiger partial charge in [-0.05, 0) is 48.6 Å². The van der Waals surface area contributed by atoms with Crippen LogP contribution >= 0.6 is 0 Å². The van der Waals surface area contributed by atoms with Crippen LogP contribution in [0.2, 0.25) is 0 Å². The predicted molar refractivity (Wildman–Crippen MR) is 121 cm³/mol. The molecule has 0 unspecified atom stereocenters. The molecule has 1 saturated carbocycles. The SMILES string of the molecule is O=S(=O)(c1ccc(OCCN(Cc2ccccc2)CC2CCC2)cc1)N1CCOCC1. The summed E-state index contributed by atoms with van der Waals surface area (Å²) in [7, 11) is -3.47. The van der Waals surface area contributed by atoms with Crippen LogP contribution in [0.1, 0.15) is 24.8 Å². The zero-order chi connectivity index (χ0) is 21.5. The summed E-state index contributed by atoms with van der Waals surface area (Å²) in [5.74, 6) is 1.50. The van der Waals surface area contributed by atoms with Crippen LogP contribution in [0.15, 0.2) is 59.5 Å². The van der Waals surface area contributed by atoms with Gasteiger partial charge >= 0.3 is 0 Å². The summed E-state index contributed by atoms with van der Waals surface area (Å²) >= 11 is 0. The van der Waals surface area contributed by atoms with E-state index in [-0.39, 0.29) is 0 Å². The molecule has 1 aliphatic carbocycles. The lowest BCUT2D eigenvalue weighted by molar-refractivity contribution is 0.0730. The summed E-state index contributed by atoms with van der Waals surface area (Å²) in [5, 5.41) is 0. The quantitative estimate of drug-likeness (QED) is 0.562. The minimum absolute atomic E-state index is 0.303. The van der Waals surface area contributed by atoms with Crippen LogP contribution in [-0.4, -0.2) is 63.6 Å². The van der Waals surface area contributed by atoms with Gasteiger partial charge in [-0.3, -0.25) is 4.90 Å². The third-order valence-electron chi connectivity index (χ3n) is 6.10. The number of benzene rings is 2. The standard InChI is InChI=1S/C24H32N2O4S/c27-31(28,26-14-16-29-17-15-26)24-11-9-23(10-12-24)30-18-13-25(20-22-7-4-8-22)19-21-5-2-1-3-6-21/h1-3,5-6,9-12,22H,4,7-8,13-20H2. The van der Waals surface area contributed by atoms with Gasteiger partial charge in [0, 0.05) is 32.7 Å². The van der Waals surface area contributed by atoms with Crippen LogP contribution < -0.4 is 4.74 Å². The van der Waals surface area contributed by atoms with E-state index in [1.165, 1.54) is 29.1 Å². The van der Waals surface area contributed by atoms with Gasteiger partial charge in [-0.25, -0.2) is 8.42 Å². The zero-order valence-electron chi connectivity index (χ0n) is 18.0. The van der Waals surface area contributed by atoms with Crippen molar-refractivity contribution in [3.8, 4) is 5.75 Å². The first-order chi connectivity index (χ1) is 15.1. The molecule has 0 amide bonds. The summed E-state index contributed by atoms with van der Waals surface area (Å²) in [5.41, 5.74) is 1.32. The van der Waals surface area contributed by atoms with E-state index in [1.54, 1.807) is 24.3 Å². The van der Waals surface area contributed by atoms with E-state index in [0.29, 0.717) is 43.6 Å². The Morgan fingerprint density at radius 3 is 2.35 bits per heavy atom. The summed E-state index contributed by atoms with van der Waals surface area (Å²) in [6.07, 6.45) is 4.00. The first kappa shape index (κ1) is 22.3. The molecule has 6 nitrogen and oxygen atoms in total. The molecule has 2 aromatic carbocycles. The summed E-state index contributed by atoms with van der Waals surface area (Å²) < 4.78 is 38.2. The Morgan fingerprint density at radius 1 is 1.00 bits per heavy atom. The minimum atomic E-state index is -3.47. The maximum atomic E-state index is 12.7. The highest BCUT2D eigenvalue weighted by molar-refractivity contribution is 7.89. The van der Waals surface area contributed by atoms with Crippen molar-refractivity contribution in [3.63, 3.8) is 0 Å². The van der Waals surface area contributed by atoms with E-state index in [0.717, 1.165) is 25.6 Å². The van der Waals surface area contributed by atoms with Crippen LogP contribution in [0.4, 0.5) is 0 Å². The molecule has 2 aliphatic rings. The molecule has 168 valence electrons.